The van der Waals surface area contributed by atoms with E-state index >= 15 is 0 Å². The fourth-order valence-electron chi connectivity index (χ4n) is 3.71. The SMILES string of the molecule is CC1CCCCC1CNC(=O)N1CCC(C(O)C(F)(F)F)CC1. The summed E-state index contributed by atoms with van der Waals surface area (Å²) in [6.45, 7) is 3.39. The van der Waals surface area contributed by atoms with E-state index in [1.54, 1.807) is 4.90 Å². The Kier molecular flexibility index (Phi) is 6.17. The Hall–Kier alpha value is -0.980. The quantitative estimate of drug-likeness (QED) is 0.832. The number of urea groups is 1. The van der Waals surface area contributed by atoms with Gasteiger partial charge in [0, 0.05) is 19.6 Å². The lowest BCUT2D eigenvalue weighted by atomic mass is 9.80. The van der Waals surface area contributed by atoms with Crippen LogP contribution < -0.4 is 5.32 Å². The Morgan fingerprint density at radius 1 is 1.22 bits per heavy atom. The first-order valence-corrected chi connectivity index (χ1v) is 8.56. The topological polar surface area (TPSA) is 52.6 Å². The van der Waals surface area contributed by atoms with Gasteiger partial charge in [0.1, 0.15) is 0 Å². The van der Waals surface area contributed by atoms with E-state index in [-0.39, 0.29) is 32.0 Å². The monoisotopic (exact) mass is 336 g/mol. The van der Waals surface area contributed by atoms with Crippen molar-refractivity contribution in [2.24, 2.45) is 17.8 Å². The second-order valence-electron chi connectivity index (χ2n) is 7.02. The first-order valence-electron chi connectivity index (χ1n) is 8.56. The zero-order valence-electron chi connectivity index (χ0n) is 13.6. The maximum absolute atomic E-state index is 12.5. The van der Waals surface area contributed by atoms with Crippen LogP contribution in [-0.2, 0) is 0 Å². The van der Waals surface area contributed by atoms with Crippen LogP contribution in [0.4, 0.5) is 18.0 Å². The number of carbonyl (C=O) groups is 1. The normalized spacial score (nSPS) is 28.5. The highest BCUT2D eigenvalue weighted by Crippen LogP contribution is 2.32. The molecule has 0 spiro atoms. The zero-order chi connectivity index (χ0) is 17.0. The standard InChI is InChI=1S/C16H27F3N2O2/c1-11-4-2-3-5-13(11)10-20-15(23)21-8-6-12(7-9-21)14(22)16(17,18)19/h11-14,22H,2-10H2,1H3,(H,20,23). The molecule has 2 rings (SSSR count). The van der Waals surface area contributed by atoms with Crippen molar-refractivity contribution in [3.63, 3.8) is 0 Å². The summed E-state index contributed by atoms with van der Waals surface area (Å²) in [6.07, 6.45) is -1.71. The van der Waals surface area contributed by atoms with Crippen LogP contribution in [0, 0.1) is 17.8 Å². The molecule has 4 nitrogen and oxygen atoms in total. The van der Waals surface area contributed by atoms with E-state index in [4.69, 9.17) is 0 Å². The molecule has 3 unspecified atom stereocenters. The molecule has 0 aromatic rings. The number of nitrogens with zero attached hydrogens (tertiary/aromatic N) is 1. The average Bonchev–Trinajstić information content (AvgIpc) is 2.52. The predicted molar refractivity (Wildman–Crippen MR) is 80.9 cm³/mol. The minimum absolute atomic E-state index is 0.188. The summed E-state index contributed by atoms with van der Waals surface area (Å²) >= 11 is 0. The second kappa shape index (κ2) is 7.73. The number of alkyl halides is 3. The van der Waals surface area contributed by atoms with Crippen LogP contribution in [0.2, 0.25) is 0 Å². The van der Waals surface area contributed by atoms with E-state index in [9.17, 15) is 23.1 Å². The van der Waals surface area contributed by atoms with Crippen molar-refractivity contribution in [3.05, 3.63) is 0 Å². The van der Waals surface area contributed by atoms with Gasteiger partial charge in [-0.25, -0.2) is 4.79 Å². The van der Waals surface area contributed by atoms with Gasteiger partial charge >= 0.3 is 12.2 Å². The molecule has 0 radical (unpaired) electrons. The lowest BCUT2D eigenvalue weighted by molar-refractivity contribution is -0.222. The number of piperidine rings is 1. The van der Waals surface area contributed by atoms with E-state index in [0.29, 0.717) is 18.4 Å². The molecule has 0 aromatic heterocycles. The van der Waals surface area contributed by atoms with Gasteiger partial charge in [0.05, 0.1) is 0 Å². The number of likely N-dealkylation sites (tertiary alicyclic amines) is 1. The number of aliphatic hydroxyl groups excluding tert-OH is 1. The first kappa shape index (κ1) is 18.4. The summed E-state index contributed by atoms with van der Waals surface area (Å²) in [5, 5.41) is 12.2. The maximum atomic E-state index is 12.5. The van der Waals surface area contributed by atoms with Crippen molar-refractivity contribution in [2.75, 3.05) is 19.6 Å². The van der Waals surface area contributed by atoms with Gasteiger partial charge in [-0.15, -0.1) is 0 Å². The van der Waals surface area contributed by atoms with Gasteiger partial charge in [-0.05, 0) is 37.0 Å². The third kappa shape index (κ3) is 4.99. The van der Waals surface area contributed by atoms with Gasteiger partial charge in [0.25, 0.3) is 0 Å². The molecule has 23 heavy (non-hydrogen) atoms. The number of hydrogen-bond donors (Lipinski definition) is 2. The van der Waals surface area contributed by atoms with Crippen LogP contribution in [-0.4, -0.2) is 48.0 Å². The van der Waals surface area contributed by atoms with Crippen molar-refractivity contribution < 1.29 is 23.1 Å². The molecule has 0 bridgehead atoms. The minimum Gasteiger partial charge on any atom is -0.383 e. The molecular formula is C16H27F3N2O2. The second-order valence-corrected chi connectivity index (χ2v) is 7.02. The number of carbonyl (C=O) groups excluding carboxylic acids is 1. The number of halogens is 3. The summed E-state index contributed by atoms with van der Waals surface area (Å²) in [4.78, 5) is 13.7. The Labute approximate surface area is 135 Å². The molecule has 134 valence electrons. The van der Waals surface area contributed by atoms with E-state index < -0.39 is 18.2 Å². The van der Waals surface area contributed by atoms with Crippen LogP contribution in [0.3, 0.4) is 0 Å². The summed E-state index contributed by atoms with van der Waals surface area (Å²) in [5.41, 5.74) is 0. The Morgan fingerprint density at radius 3 is 2.39 bits per heavy atom. The zero-order valence-corrected chi connectivity index (χ0v) is 13.6. The average molecular weight is 336 g/mol. The molecule has 3 atom stereocenters. The van der Waals surface area contributed by atoms with Gasteiger partial charge < -0.3 is 15.3 Å². The number of rotatable bonds is 3. The smallest absolute Gasteiger partial charge is 0.383 e. The Balaban J connectivity index is 1.73. The molecule has 2 aliphatic rings. The third-order valence-electron chi connectivity index (χ3n) is 5.41. The lowest BCUT2D eigenvalue weighted by Crippen LogP contribution is -2.49. The van der Waals surface area contributed by atoms with Crippen molar-refractivity contribution in [2.45, 2.75) is 57.7 Å². The van der Waals surface area contributed by atoms with Gasteiger partial charge in [0.15, 0.2) is 6.10 Å². The highest BCUT2D eigenvalue weighted by Gasteiger charge is 2.44. The van der Waals surface area contributed by atoms with E-state index in [1.165, 1.54) is 19.3 Å². The highest BCUT2D eigenvalue weighted by molar-refractivity contribution is 5.74. The van der Waals surface area contributed by atoms with Crippen LogP contribution in [0.1, 0.15) is 45.4 Å². The van der Waals surface area contributed by atoms with Crippen molar-refractivity contribution in [1.82, 2.24) is 10.2 Å². The number of nitrogens with one attached hydrogen (secondary N) is 1. The lowest BCUT2D eigenvalue weighted by Gasteiger charge is -2.35. The maximum Gasteiger partial charge on any atom is 0.414 e. The number of hydrogen-bond acceptors (Lipinski definition) is 2. The van der Waals surface area contributed by atoms with Crippen molar-refractivity contribution in [1.29, 1.82) is 0 Å². The molecule has 1 heterocycles. The Bertz CT molecular complexity index is 395. The van der Waals surface area contributed by atoms with E-state index in [2.05, 4.69) is 12.2 Å². The molecule has 2 amide bonds. The van der Waals surface area contributed by atoms with Crippen LogP contribution in [0.15, 0.2) is 0 Å². The van der Waals surface area contributed by atoms with Crippen LogP contribution in [0.5, 0.6) is 0 Å². The van der Waals surface area contributed by atoms with Gasteiger partial charge in [-0.2, -0.15) is 13.2 Å². The molecule has 2 fully saturated rings. The highest BCUT2D eigenvalue weighted by atomic mass is 19.4. The van der Waals surface area contributed by atoms with Crippen LogP contribution in [0.25, 0.3) is 0 Å². The first-order chi connectivity index (χ1) is 10.8. The van der Waals surface area contributed by atoms with Gasteiger partial charge in [-0.1, -0.05) is 26.2 Å². The minimum atomic E-state index is -4.58. The summed E-state index contributed by atoms with van der Waals surface area (Å²) in [5.74, 6) is 0.298. The fourth-order valence-corrected chi connectivity index (χ4v) is 3.71. The molecule has 0 aromatic carbocycles. The van der Waals surface area contributed by atoms with Crippen molar-refractivity contribution >= 4 is 6.03 Å². The summed E-state index contributed by atoms with van der Waals surface area (Å²) < 4.78 is 37.5. The summed E-state index contributed by atoms with van der Waals surface area (Å²) in [7, 11) is 0. The molecule has 1 aliphatic carbocycles. The van der Waals surface area contributed by atoms with Crippen LogP contribution >= 0.6 is 0 Å². The molecule has 1 saturated carbocycles. The molecule has 1 aliphatic heterocycles. The predicted octanol–water partition coefficient (Wildman–Crippen LogP) is 3.16. The van der Waals surface area contributed by atoms with E-state index in [1.807, 2.05) is 0 Å². The number of aliphatic hydroxyl groups is 1. The largest absolute Gasteiger partial charge is 0.414 e. The Morgan fingerprint density at radius 2 is 1.83 bits per heavy atom. The molecular weight excluding hydrogens is 309 g/mol. The van der Waals surface area contributed by atoms with Crippen molar-refractivity contribution in [3.8, 4) is 0 Å². The molecule has 1 saturated heterocycles. The molecule has 2 N–H and O–H groups in total. The number of amides is 2. The third-order valence-corrected chi connectivity index (χ3v) is 5.41. The van der Waals surface area contributed by atoms with Gasteiger partial charge in [-0.3, -0.25) is 0 Å². The summed E-state index contributed by atoms with van der Waals surface area (Å²) in [6, 6.07) is -0.192. The van der Waals surface area contributed by atoms with E-state index in [0.717, 1.165) is 6.42 Å². The van der Waals surface area contributed by atoms with Gasteiger partial charge in [0.2, 0.25) is 0 Å². The molecule has 7 heteroatoms. The fraction of sp³-hybridized carbons (Fsp3) is 0.938.